The normalized spacial score (nSPS) is 18.4. The number of rotatable bonds is 3. The second-order valence-corrected chi connectivity index (χ2v) is 6.18. The van der Waals surface area contributed by atoms with Crippen molar-refractivity contribution < 1.29 is 14.1 Å². The lowest BCUT2D eigenvalue weighted by Crippen LogP contribution is -2.42. The number of morpholine rings is 1. The smallest absolute Gasteiger partial charge is 0.259 e. The maximum Gasteiger partial charge on any atom is 0.259 e. The molecular formula is C18H22N2O3. The van der Waals surface area contributed by atoms with Crippen LogP contribution in [-0.4, -0.2) is 35.7 Å². The Morgan fingerprint density at radius 1 is 1.30 bits per heavy atom. The minimum Gasteiger partial charge on any atom is -0.370 e. The Hall–Kier alpha value is -2.14. The van der Waals surface area contributed by atoms with Crippen LogP contribution in [-0.2, 0) is 4.74 Å². The van der Waals surface area contributed by atoms with Gasteiger partial charge in [-0.2, -0.15) is 0 Å². The molecule has 1 saturated heterocycles. The molecule has 0 saturated carbocycles. The molecule has 1 atom stereocenters. The molecule has 1 amide bonds. The van der Waals surface area contributed by atoms with Crippen molar-refractivity contribution in [3.8, 4) is 0 Å². The predicted octanol–water partition coefficient (Wildman–Crippen LogP) is 3.32. The molecule has 5 heteroatoms. The minimum atomic E-state index is -0.0865. The Kier molecular flexibility index (Phi) is 4.48. The number of aryl methyl sites for hydroxylation is 1. The molecule has 1 aliphatic heterocycles. The Bertz CT molecular complexity index is 679. The number of hydrogen-bond acceptors (Lipinski definition) is 4. The summed E-state index contributed by atoms with van der Waals surface area (Å²) >= 11 is 0. The highest BCUT2D eigenvalue weighted by Crippen LogP contribution is 2.27. The third kappa shape index (κ3) is 3.15. The van der Waals surface area contributed by atoms with Gasteiger partial charge in [0.1, 0.15) is 11.7 Å². The van der Waals surface area contributed by atoms with E-state index in [1.54, 1.807) is 0 Å². The Labute approximate surface area is 136 Å². The fraction of sp³-hybridized carbons (Fsp3) is 0.444. The highest BCUT2D eigenvalue weighted by molar-refractivity contribution is 5.96. The van der Waals surface area contributed by atoms with Gasteiger partial charge in [-0.25, -0.2) is 0 Å². The standard InChI is InChI=1S/C18H22N2O3/c1-12(2)17-16(13(3)19-23-17)18(21)20-9-10-22-15(11-20)14-7-5-4-6-8-14/h4-8,12,15H,9-11H2,1-3H3/t15-/m0/s1. The van der Waals surface area contributed by atoms with E-state index in [-0.39, 0.29) is 17.9 Å². The number of carbonyl (C=O) groups is 1. The van der Waals surface area contributed by atoms with Gasteiger partial charge in [-0.3, -0.25) is 4.79 Å². The lowest BCUT2D eigenvalue weighted by molar-refractivity contribution is -0.0229. The topological polar surface area (TPSA) is 55.6 Å². The second-order valence-electron chi connectivity index (χ2n) is 6.18. The van der Waals surface area contributed by atoms with Gasteiger partial charge in [0.25, 0.3) is 5.91 Å². The summed E-state index contributed by atoms with van der Waals surface area (Å²) in [5.41, 5.74) is 2.35. The van der Waals surface area contributed by atoms with Crippen molar-refractivity contribution in [2.75, 3.05) is 19.7 Å². The summed E-state index contributed by atoms with van der Waals surface area (Å²) in [5, 5.41) is 3.98. The maximum absolute atomic E-state index is 13.0. The maximum atomic E-state index is 13.0. The molecule has 0 spiro atoms. The molecule has 1 fully saturated rings. The van der Waals surface area contributed by atoms with E-state index in [0.29, 0.717) is 36.7 Å². The van der Waals surface area contributed by atoms with Crippen molar-refractivity contribution in [3.05, 3.63) is 52.9 Å². The summed E-state index contributed by atoms with van der Waals surface area (Å²) in [7, 11) is 0. The third-order valence-corrected chi connectivity index (χ3v) is 4.15. The summed E-state index contributed by atoms with van der Waals surface area (Å²) in [6.07, 6.45) is -0.0865. The van der Waals surface area contributed by atoms with Gasteiger partial charge >= 0.3 is 0 Å². The van der Waals surface area contributed by atoms with Crippen LogP contribution in [0.5, 0.6) is 0 Å². The van der Waals surface area contributed by atoms with Crippen molar-refractivity contribution in [1.82, 2.24) is 10.1 Å². The first-order chi connectivity index (χ1) is 11.1. The first kappa shape index (κ1) is 15.7. The summed E-state index contributed by atoms with van der Waals surface area (Å²) in [4.78, 5) is 14.8. The van der Waals surface area contributed by atoms with E-state index in [9.17, 15) is 4.79 Å². The molecular weight excluding hydrogens is 292 g/mol. The molecule has 122 valence electrons. The average molecular weight is 314 g/mol. The molecule has 1 aromatic heterocycles. The third-order valence-electron chi connectivity index (χ3n) is 4.15. The zero-order valence-corrected chi connectivity index (χ0v) is 13.8. The number of carbonyl (C=O) groups excluding carboxylic acids is 1. The molecule has 2 heterocycles. The minimum absolute atomic E-state index is 0.0170. The molecule has 0 aliphatic carbocycles. The molecule has 0 unspecified atom stereocenters. The number of aromatic nitrogens is 1. The van der Waals surface area contributed by atoms with E-state index in [0.717, 1.165) is 5.56 Å². The molecule has 23 heavy (non-hydrogen) atoms. The van der Waals surface area contributed by atoms with Crippen LogP contribution in [0, 0.1) is 6.92 Å². The average Bonchev–Trinajstić information content (AvgIpc) is 2.97. The molecule has 1 aliphatic rings. The number of amides is 1. The van der Waals surface area contributed by atoms with Gasteiger partial charge in [-0.05, 0) is 12.5 Å². The number of hydrogen-bond donors (Lipinski definition) is 0. The van der Waals surface area contributed by atoms with Gasteiger partial charge in [0.05, 0.1) is 18.8 Å². The molecule has 0 N–H and O–H groups in total. The van der Waals surface area contributed by atoms with E-state index in [2.05, 4.69) is 5.16 Å². The highest BCUT2D eigenvalue weighted by atomic mass is 16.5. The molecule has 2 aromatic rings. The van der Waals surface area contributed by atoms with E-state index >= 15 is 0 Å². The molecule has 0 bridgehead atoms. The van der Waals surface area contributed by atoms with Gasteiger partial charge in [0.15, 0.2) is 5.76 Å². The highest BCUT2D eigenvalue weighted by Gasteiger charge is 2.31. The van der Waals surface area contributed by atoms with Crippen LogP contribution in [0.2, 0.25) is 0 Å². The summed E-state index contributed by atoms with van der Waals surface area (Å²) in [6.45, 7) is 7.49. The Balaban J connectivity index is 1.82. The largest absolute Gasteiger partial charge is 0.370 e. The lowest BCUT2D eigenvalue weighted by atomic mass is 10.0. The summed E-state index contributed by atoms with van der Waals surface area (Å²) in [5.74, 6) is 0.771. The van der Waals surface area contributed by atoms with Gasteiger partial charge < -0.3 is 14.2 Å². The van der Waals surface area contributed by atoms with Crippen LogP contribution in [0.25, 0.3) is 0 Å². The van der Waals surface area contributed by atoms with Crippen molar-refractivity contribution >= 4 is 5.91 Å². The van der Waals surface area contributed by atoms with Crippen LogP contribution in [0.4, 0.5) is 0 Å². The van der Waals surface area contributed by atoms with Crippen LogP contribution in [0.1, 0.15) is 53.2 Å². The van der Waals surface area contributed by atoms with E-state index in [4.69, 9.17) is 9.26 Å². The lowest BCUT2D eigenvalue weighted by Gasteiger charge is -2.33. The monoisotopic (exact) mass is 314 g/mol. The van der Waals surface area contributed by atoms with E-state index < -0.39 is 0 Å². The predicted molar refractivity (Wildman–Crippen MR) is 86.4 cm³/mol. The molecule has 1 aromatic carbocycles. The quantitative estimate of drug-likeness (QED) is 0.872. The van der Waals surface area contributed by atoms with E-state index in [1.165, 1.54) is 0 Å². The zero-order valence-electron chi connectivity index (χ0n) is 13.8. The van der Waals surface area contributed by atoms with Crippen molar-refractivity contribution in [2.24, 2.45) is 0 Å². The number of ether oxygens (including phenoxy) is 1. The fourth-order valence-corrected chi connectivity index (χ4v) is 2.90. The SMILES string of the molecule is Cc1noc(C(C)C)c1C(=O)N1CCO[C@H](c2ccccc2)C1. The van der Waals surface area contributed by atoms with Crippen molar-refractivity contribution in [2.45, 2.75) is 32.8 Å². The Morgan fingerprint density at radius 3 is 2.74 bits per heavy atom. The van der Waals surface area contributed by atoms with Crippen LogP contribution >= 0.6 is 0 Å². The van der Waals surface area contributed by atoms with Crippen molar-refractivity contribution in [3.63, 3.8) is 0 Å². The van der Waals surface area contributed by atoms with Crippen molar-refractivity contribution in [1.29, 1.82) is 0 Å². The molecule has 0 radical (unpaired) electrons. The first-order valence-corrected chi connectivity index (χ1v) is 8.00. The first-order valence-electron chi connectivity index (χ1n) is 8.00. The second kappa shape index (κ2) is 6.54. The Morgan fingerprint density at radius 2 is 2.04 bits per heavy atom. The van der Waals surface area contributed by atoms with Gasteiger partial charge in [-0.1, -0.05) is 49.3 Å². The van der Waals surface area contributed by atoms with Crippen LogP contribution in [0.3, 0.4) is 0 Å². The van der Waals surface area contributed by atoms with E-state index in [1.807, 2.05) is 56.0 Å². The van der Waals surface area contributed by atoms with Gasteiger partial charge in [0, 0.05) is 12.5 Å². The molecule has 5 nitrogen and oxygen atoms in total. The summed E-state index contributed by atoms with van der Waals surface area (Å²) in [6, 6.07) is 10.0. The molecule has 3 rings (SSSR count). The zero-order chi connectivity index (χ0) is 16.4. The number of benzene rings is 1. The van der Waals surface area contributed by atoms with Gasteiger partial charge in [-0.15, -0.1) is 0 Å². The number of nitrogens with zero attached hydrogens (tertiary/aromatic N) is 2. The van der Waals surface area contributed by atoms with Crippen LogP contribution < -0.4 is 0 Å². The van der Waals surface area contributed by atoms with Crippen LogP contribution in [0.15, 0.2) is 34.9 Å². The summed E-state index contributed by atoms with van der Waals surface area (Å²) < 4.78 is 11.2. The fourth-order valence-electron chi connectivity index (χ4n) is 2.90. The van der Waals surface area contributed by atoms with Gasteiger partial charge in [0.2, 0.25) is 0 Å².